The topological polar surface area (TPSA) is 74.7 Å². The van der Waals surface area contributed by atoms with E-state index in [1.165, 1.54) is 4.31 Å². The summed E-state index contributed by atoms with van der Waals surface area (Å²) in [5, 5.41) is 9.09. The molecular formula is C13H14FNO4S. The molecule has 1 aliphatic heterocycles. The normalized spacial score (nSPS) is 26.1. The number of rotatable bonds is 3. The monoisotopic (exact) mass is 299 g/mol. The predicted molar refractivity (Wildman–Crippen MR) is 68.4 cm³/mol. The van der Waals surface area contributed by atoms with E-state index >= 15 is 0 Å². The van der Waals surface area contributed by atoms with Gasteiger partial charge in [-0.05, 0) is 43.4 Å². The van der Waals surface area contributed by atoms with Gasteiger partial charge in [-0.15, -0.1) is 0 Å². The third-order valence-corrected chi connectivity index (χ3v) is 6.08. The summed E-state index contributed by atoms with van der Waals surface area (Å²) in [6.07, 6.45) is 2.62. The molecule has 1 saturated heterocycles. The van der Waals surface area contributed by atoms with E-state index in [1.807, 2.05) is 0 Å². The maximum atomic E-state index is 13.3. The van der Waals surface area contributed by atoms with Crippen LogP contribution < -0.4 is 0 Å². The van der Waals surface area contributed by atoms with E-state index in [0.717, 1.165) is 37.5 Å². The second kappa shape index (κ2) is 4.53. The minimum absolute atomic E-state index is 0.0742. The Balaban J connectivity index is 2.07. The molecule has 0 spiro atoms. The van der Waals surface area contributed by atoms with E-state index in [9.17, 15) is 17.6 Å². The molecule has 2 aliphatic rings. The van der Waals surface area contributed by atoms with Gasteiger partial charge in [-0.25, -0.2) is 17.6 Å². The van der Waals surface area contributed by atoms with Crippen LogP contribution in [-0.2, 0) is 10.0 Å². The van der Waals surface area contributed by atoms with Crippen LogP contribution in [0.3, 0.4) is 0 Å². The summed E-state index contributed by atoms with van der Waals surface area (Å²) in [5.74, 6) is -1.78. The number of sulfonamides is 1. The highest BCUT2D eigenvalue weighted by Gasteiger charge is 2.45. The largest absolute Gasteiger partial charge is 0.478 e. The molecule has 1 aromatic rings. The summed E-state index contributed by atoms with van der Waals surface area (Å²) in [4.78, 5) is 10.7. The Morgan fingerprint density at radius 3 is 2.65 bits per heavy atom. The molecule has 7 heteroatoms. The molecule has 0 radical (unpaired) electrons. The van der Waals surface area contributed by atoms with E-state index in [1.54, 1.807) is 0 Å². The van der Waals surface area contributed by atoms with E-state index in [0.29, 0.717) is 12.5 Å². The van der Waals surface area contributed by atoms with E-state index in [4.69, 9.17) is 5.11 Å². The van der Waals surface area contributed by atoms with E-state index in [2.05, 4.69) is 0 Å². The first kappa shape index (κ1) is 13.5. The first-order valence-corrected chi connectivity index (χ1v) is 7.88. The number of fused-ring (bicyclic) bond motifs is 2. The summed E-state index contributed by atoms with van der Waals surface area (Å²) in [5.41, 5.74) is -0.380. The number of halogens is 1. The van der Waals surface area contributed by atoms with Crippen molar-refractivity contribution in [2.45, 2.75) is 30.2 Å². The molecule has 108 valence electrons. The van der Waals surface area contributed by atoms with Gasteiger partial charge in [0.05, 0.1) is 10.5 Å². The van der Waals surface area contributed by atoms with Gasteiger partial charge >= 0.3 is 5.97 Å². The Hall–Kier alpha value is -1.47. The Morgan fingerprint density at radius 1 is 1.35 bits per heavy atom. The molecule has 1 aromatic carbocycles. The van der Waals surface area contributed by atoms with Crippen molar-refractivity contribution in [3.05, 3.63) is 29.6 Å². The number of carbonyl (C=O) groups is 1. The summed E-state index contributed by atoms with van der Waals surface area (Å²) in [6.45, 7) is 0.405. The number of aromatic carboxylic acids is 1. The molecule has 1 heterocycles. The number of carboxylic acid groups (broad SMARTS) is 1. The fourth-order valence-electron chi connectivity index (χ4n) is 3.19. The maximum Gasteiger partial charge on any atom is 0.337 e. The molecule has 2 unspecified atom stereocenters. The number of piperidine rings is 1. The van der Waals surface area contributed by atoms with Gasteiger partial charge in [0.25, 0.3) is 0 Å². The highest BCUT2D eigenvalue weighted by molar-refractivity contribution is 7.89. The molecule has 1 saturated carbocycles. The summed E-state index contributed by atoms with van der Waals surface area (Å²) in [6, 6.07) is 2.68. The number of carboxylic acids is 1. The summed E-state index contributed by atoms with van der Waals surface area (Å²) < 4.78 is 39.9. The highest BCUT2D eigenvalue weighted by atomic mass is 32.2. The van der Waals surface area contributed by atoms with E-state index in [-0.39, 0.29) is 11.6 Å². The van der Waals surface area contributed by atoms with Crippen molar-refractivity contribution < 1.29 is 22.7 Å². The Kier molecular flexibility index (Phi) is 3.06. The van der Waals surface area contributed by atoms with Crippen LogP contribution in [0, 0.1) is 11.7 Å². The molecule has 0 aromatic heterocycles. The van der Waals surface area contributed by atoms with Crippen LogP contribution in [0.5, 0.6) is 0 Å². The van der Waals surface area contributed by atoms with Crippen molar-refractivity contribution in [1.29, 1.82) is 0 Å². The number of hydrogen-bond acceptors (Lipinski definition) is 3. The van der Waals surface area contributed by atoms with Crippen LogP contribution in [-0.4, -0.2) is 36.4 Å². The molecule has 2 fully saturated rings. The fraction of sp³-hybridized carbons (Fsp3) is 0.462. The minimum Gasteiger partial charge on any atom is -0.478 e. The van der Waals surface area contributed by atoms with Gasteiger partial charge in [-0.2, -0.15) is 4.31 Å². The maximum absolute atomic E-state index is 13.3. The van der Waals surface area contributed by atoms with Crippen LogP contribution in [0.1, 0.15) is 29.6 Å². The average Bonchev–Trinajstić information content (AvgIpc) is 3.00. The first-order valence-electron chi connectivity index (χ1n) is 6.44. The lowest BCUT2D eigenvalue weighted by Gasteiger charge is -2.26. The van der Waals surface area contributed by atoms with Gasteiger partial charge in [0.2, 0.25) is 10.0 Å². The zero-order valence-electron chi connectivity index (χ0n) is 10.6. The van der Waals surface area contributed by atoms with Crippen LogP contribution in [0.15, 0.2) is 23.1 Å². The van der Waals surface area contributed by atoms with Crippen molar-refractivity contribution >= 4 is 16.0 Å². The molecule has 1 aliphatic carbocycles. The quantitative estimate of drug-likeness (QED) is 0.921. The fourth-order valence-corrected chi connectivity index (χ4v) is 5.12. The zero-order valence-corrected chi connectivity index (χ0v) is 11.4. The molecule has 20 heavy (non-hydrogen) atoms. The predicted octanol–water partition coefficient (Wildman–Crippen LogP) is 1.70. The number of hydrogen-bond donors (Lipinski definition) is 1. The summed E-state index contributed by atoms with van der Waals surface area (Å²) >= 11 is 0. The molecular weight excluding hydrogens is 285 g/mol. The molecule has 3 rings (SSSR count). The third-order valence-electron chi connectivity index (χ3n) is 4.12. The van der Waals surface area contributed by atoms with Crippen molar-refractivity contribution in [3.8, 4) is 0 Å². The Bertz CT molecular complexity index is 673. The van der Waals surface area contributed by atoms with Gasteiger partial charge in [0.15, 0.2) is 0 Å². The molecule has 0 amide bonds. The van der Waals surface area contributed by atoms with Gasteiger partial charge in [-0.1, -0.05) is 0 Å². The highest BCUT2D eigenvalue weighted by Crippen LogP contribution is 2.41. The second-order valence-corrected chi connectivity index (χ2v) is 7.21. The van der Waals surface area contributed by atoms with Gasteiger partial charge in [-0.3, -0.25) is 0 Å². The standard InChI is InChI=1S/C13H14FNO4S/c14-9-2-4-11(13(16)17)12(6-9)20(18,19)15-7-8-1-3-10(15)5-8/h2,4,6,8,10H,1,3,5,7H2,(H,16,17). The number of nitrogens with zero attached hydrogens (tertiary/aromatic N) is 1. The third kappa shape index (κ3) is 2.01. The summed E-state index contributed by atoms with van der Waals surface area (Å²) in [7, 11) is -3.96. The van der Waals surface area contributed by atoms with Crippen molar-refractivity contribution in [3.63, 3.8) is 0 Å². The SMILES string of the molecule is O=C(O)c1ccc(F)cc1S(=O)(=O)N1CC2CCC1C2. The molecule has 2 bridgehead atoms. The molecule has 2 atom stereocenters. The zero-order chi connectivity index (χ0) is 14.5. The Labute approximate surface area is 116 Å². The molecule has 1 N–H and O–H groups in total. The lowest BCUT2D eigenvalue weighted by atomic mass is 10.1. The lowest BCUT2D eigenvalue weighted by Crippen LogP contribution is -2.38. The second-order valence-electron chi connectivity index (χ2n) is 5.35. The molecule has 5 nitrogen and oxygen atoms in total. The smallest absolute Gasteiger partial charge is 0.337 e. The van der Waals surface area contributed by atoms with Crippen LogP contribution >= 0.6 is 0 Å². The first-order chi connectivity index (χ1) is 9.39. The van der Waals surface area contributed by atoms with E-state index < -0.39 is 26.7 Å². The van der Waals surface area contributed by atoms with Gasteiger partial charge in [0, 0.05) is 12.6 Å². The van der Waals surface area contributed by atoms with Crippen LogP contribution in [0.25, 0.3) is 0 Å². The van der Waals surface area contributed by atoms with Crippen LogP contribution in [0.4, 0.5) is 4.39 Å². The van der Waals surface area contributed by atoms with Crippen molar-refractivity contribution in [1.82, 2.24) is 4.31 Å². The average molecular weight is 299 g/mol. The number of benzene rings is 1. The lowest BCUT2D eigenvalue weighted by molar-refractivity contribution is 0.0692. The minimum atomic E-state index is -3.96. The van der Waals surface area contributed by atoms with Gasteiger partial charge in [0.1, 0.15) is 5.82 Å². The van der Waals surface area contributed by atoms with Crippen molar-refractivity contribution in [2.24, 2.45) is 5.92 Å². The Morgan fingerprint density at radius 2 is 2.10 bits per heavy atom. The van der Waals surface area contributed by atoms with Gasteiger partial charge < -0.3 is 5.11 Å². The van der Waals surface area contributed by atoms with Crippen molar-refractivity contribution in [2.75, 3.05) is 6.54 Å². The van der Waals surface area contributed by atoms with Crippen LogP contribution in [0.2, 0.25) is 0 Å².